The van der Waals surface area contributed by atoms with E-state index in [0.29, 0.717) is 23.4 Å². The summed E-state index contributed by atoms with van der Waals surface area (Å²) in [5.41, 5.74) is 3.49. The third-order valence-electron chi connectivity index (χ3n) is 4.10. The molecule has 0 aliphatic carbocycles. The van der Waals surface area contributed by atoms with Crippen LogP contribution >= 0.6 is 0 Å². The number of benzene rings is 2. The lowest BCUT2D eigenvalue weighted by Crippen LogP contribution is -2.14. The fourth-order valence-electron chi connectivity index (χ4n) is 2.67. The second kappa shape index (κ2) is 8.52. The van der Waals surface area contributed by atoms with E-state index in [1.54, 1.807) is 38.3 Å². The molecule has 0 atom stereocenters. The van der Waals surface area contributed by atoms with Gasteiger partial charge in [-0.25, -0.2) is 4.79 Å². The Bertz CT molecular complexity index is 794. The van der Waals surface area contributed by atoms with Crippen molar-refractivity contribution < 1.29 is 19.1 Å². The van der Waals surface area contributed by atoms with Gasteiger partial charge in [-0.2, -0.15) is 0 Å². The van der Waals surface area contributed by atoms with Crippen LogP contribution in [-0.2, 0) is 4.74 Å². The fourth-order valence-corrected chi connectivity index (χ4v) is 2.67. The Balaban J connectivity index is 2.22. The second-order valence-corrected chi connectivity index (χ2v) is 6.32. The van der Waals surface area contributed by atoms with E-state index in [1.807, 2.05) is 19.1 Å². The maximum Gasteiger partial charge on any atom is 0.338 e. The lowest BCUT2D eigenvalue weighted by Gasteiger charge is -2.16. The molecule has 2 aromatic carbocycles. The summed E-state index contributed by atoms with van der Waals surface area (Å²) >= 11 is 0. The zero-order valence-electron chi connectivity index (χ0n) is 15.9. The minimum Gasteiger partial charge on any atom is -0.496 e. The summed E-state index contributed by atoms with van der Waals surface area (Å²) in [6, 6.07) is 10.4. The number of aryl methyl sites for hydroxylation is 1. The van der Waals surface area contributed by atoms with Gasteiger partial charge in [0, 0.05) is 11.3 Å². The molecule has 2 aromatic rings. The van der Waals surface area contributed by atoms with Gasteiger partial charge in [-0.3, -0.25) is 4.79 Å². The van der Waals surface area contributed by atoms with Crippen molar-refractivity contribution in [2.75, 3.05) is 19.0 Å². The molecule has 0 heterocycles. The van der Waals surface area contributed by atoms with Gasteiger partial charge in [0.1, 0.15) is 5.75 Å². The zero-order valence-corrected chi connectivity index (χ0v) is 15.9. The largest absolute Gasteiger partial charge is 0.496 e. The summed E-state index contributed by atoms with van der Waals surface area (Å²) < 4.78 is 10.4. The highest BCUT2D eigenvalue weighted by Gasteiger charge is 2.16. The first-order valence-corrected chi connectivity index (χ1v) is 8.64. The molecule has 138 valence electrons. The van der Waals surface area contributed by atoms with E-state index < -0.39 is 0 Å². The highest BCUT2D eigenvalue weighted by molar-refractivity contribution is 6.05. The number of methoxy groups -OCH3 is 1. The first-order chi connectivity index (χ1) is 12.4. The Hall–Kier alpha value is -2.82. The molecule has 0 saturated carbocycles. The van der Waals surface area contributed by atoms with E-state index in [-0.39, 0.29) is 17.8 Å². The molecule has 0 radical (unpaired) electrons. The lowest BCUT2D eigenvalue weighted by molar-refractivity contribution is 0.0526. The van der Waals surface area contributed by atoms with Crippen LogP contribution in [0, 0.1) is 6.92 Å². The number of nitrogens with one attached hydrogen (secondary N) is 1. The fraction of sp³-hybridized carbons (Fsp3) is 0.333. The van der Waals surface area contributed by atoms with Crippen LogP contribution in [0.15, 0.2) is 36.4 Å². The van der Waals surface area contributed by atoms with Gasteiger partial charge in [-0.15, -0.1) is 0 Å². The molecule has 5 heteroatoms. The zero-order chi connectivity index (χ0) is 19.3. The number of hydrogen-bond acceptors (Lipinski definition) is 4. The van der Waals surface area contributed by atoms with Gasteiger partial charge in [-0.1, -0.05) is 13.8 Å². The van der Waals surface area contributed by atoms with Crippen LogP contribution in [-0.4, -0.2) is 25.6 Å². The van der Waals surface area contributed by atoms with Crippen molar-refractivity contribution in [3.63, 3.8) is 0 Å². The van der Waals surface area contributed by atoms with Gasteiger partial charge in [0.2, 0.25) is 0 Å². The maximum atomic E-state index is 12.7. The van der Waals surface area contributed by atoms with Crippen LogP contribution in [0.5, 0.6) is 5.75 Å². The number of amides is 1. The third-order valence-corrected chi connectivity index (χ3v) is 4.10. The third kappa shape index (κ3) is 4.42. The predicted molar refractivity (Wildman–Crippen MR) is 102 cm³/mol. The standard InChI is InChI=1S/C21H25NO4/c1-6-26-21(24)15-7-9-16(10-8-15)22-20(23)18-12-17(13(2)3)19(25-5)11-14(18)4/h7-13H,6H2,1-5H3,(H,22,23). The molecule has 1 N–H and O–H groups in total. The molecule has 5 nitrogen and oxygen atoms in total. The highest BCUT2D eigenvalue weighted by Crippen LogP contribution is 2.30. The first kappa shape index (κ1) is 19.5. The number of ether oxygens (including phenoxy) is 2. The molecule has 0 fully saturated rings. The summed E-state index contributed by atoms with van der Waals surface area (Å²) in [6.45, 7) is 8.08. The minimum absolute atomic E-state index is 0.198. The Morgan fingerprint density at radius 1 is 1.12 bits per heavy atom. The summed E-state index contributed by atoms with van der Waals surface area (Å²) in [5, 5.41) is 2.87. The van der Waals surface area contributed by atoms with Gasteiger partial charge in [-0.05, 0) is 67.3 Å². The average Bonchev–Trinajstić information content (AvgIpc) is 2.61. The van der Waals surface area contributed by atoms with Gasteiger partial charge in [0.05, 0.1) is 19.3 Å². The van der Waals surface area contributed by atoms with Gasteiger partial charge in [0.15, 0.2) is 0 Å². The number of carbonyl (C=O) groups excluding carboxylic acids is 2. The van der Waals surface area contributed by atoms with Crippen LogP contribution in [0.3, 0.4) is 0 Å². The second-order valence-electron chi connectivity index (χ2n) is 6.32. The number of hydrogen-bond donors (Lipinski definition) is 1. The minimum atomic E-state index is -0.377. The monoisotopic (exact) mass is 355 g/mol. The molecule has 0 aromatic heterocycles. The Kier molecular flexibility index (Phi) is 6.39. The van der Waals surface area contributed by atoms with E-state index in [9.17, 15) is 9.59 Å². The Morgan fingerprint density at radius 3 is 2.31 bits per heavy atom. The summed E-state index contributed by atoms with van der Waals surface area (Å²) in [5.74, 6) is 0.447. The van der Waals surface area contributed by atoms with Crippen LogP contribution in [0.1, 0.15) is 58.5 Å². The summed E-state index contributed by atoms with van der Waals surface area (Å²) in [7, 11) is 1.63. The van der Waals surface area contributed by atoms with E-state index in [1.165, 1.54) is 0 Å². The molecule has 26 heavy (non-hydrogen) atoms. The smallest absolute Gasteiger partial charge is 0.338 e. The molecule has 0 bridgehead atoms. The number of rotatable bonds is 6. The predicted octanol–water partition coefficient (Wildman–Crippen LogP) is 4.56. The molecular formula is C21H25NO4. The van der Waals surface area contributed by atoms with E-state index in [2.05, 4.69) is 19.2 Å². The highest BCUT2D eigenvalue weighted by atomic mass is 16.5. The topological polar surface area (TPSA) is 64.6 Å². The van der Waals surface area contributed by atoms with E-state index >= 15 is 0 Å². The lowest BCUT2D eigenvalue weighted by atomic mass is 9.96. The van der Waals surface area contributed by atoms with Gasteiger partial charge < -0.3 is 14.8 Å². The number of anilines is 1. The number of carbonyl (C=O) groups is 2. The molecule has 0 saturated heterocycles. The van der Waals surface area contributed by atoms with Crippen LogP contribution in [0.25, 0.3) is 0 Å². The molecule has 1 amide bonds. The first-order valence-electron chi connectivity index (χ1n) is 8.64. The van der Waals surface area contributed by atoms with Crippen molar-refractivity contribution in [3.05, 3.63) is 58.7 Å². The van der Waals surface area contributed by atoms with Crippen LogP contribution < -0.4 is 10.1 Å². The van der Waals surface area contributed by atoms with Crippen molar-refractivity contribution in [2.24, 2.45) is 0 Å². The quantitative estimate of drug-likeness (QED) is 0.772. The van der Waals surface area contributed by atoms with Crippen molar-refractivity contribution >= 4 is 17.6 Å². The summed E-state index contributed by atoms with van der Waals surface area (Å²) in [4.78, 5) is 24.4. The van der Waals surface area contributed by atoms with Crippen molar-refractivity contribution in [3.8, 4) is 5.75 Å². The average molecular weight is 355 g/mol. The Morgan fingerprint density at radius 2 is 1.77 bits per heavy atom. The molecule has 0 aliphatic rings. The van der Waals surface area contributed by atoms with Gasteiger partial charge >= 0.3 is 5.97 Å². The SMILES string of the molecule is CCOC(=O)c1ccc(NC(=O)c2cc(C(C)C)c(OC)cc2C)cc1. The van der Waals surface area contributed by atoms with E-state index in [0.717, 1.165) is 16.9 Å². The summed E-state index contributed by atoms with van der Waals surface area (Å²) in [6.07, 6.45) is 0. The van der Waals surface area contributed by atoms with Crippen molar-refractivity contribution in [1.29, 1.82) is 0 Å². The van der Waals surface area contributed by atoms with Crippen molar-refractivity contribution in [1.82, 2.24) is 0 Å². The molecule has 0 spiro atoms. The Labute approximate surface area is 154 Å². The van der Waals surface area contributed by atoms with Gasteiger partial charge in [0.25, 0.3) is 5.91 Å². The molecule has 0 aliphatic heterocycles. The van der Waals surface area contributed by atoms with Crippen molar-refractivity contribution in [2.45, 2.75) is 33.6 Å². The van der Waals surface area contributed by atoms with E-state index in [4.69, 9.17) is 9.47 Å². The van der Waals surface area contributed by atoms with Crippen LogP contribution in [0.4, 0.5) is 5.69 Å². The molecule has 2 rings (SSSR count). The molecular weight excluding hydrogens is 330 g/mol. The normalized spacial score (nSPS) is 10.5. The van der Waals surface area contributed by atoms with Crippen LogP contribution in [0.2, 0.25) is 0 Å². The molecule has 0 unspecified atom stereocenters. The maximum absolute atomic E-state index is 12.7. The number of esters is 1.